The summed E-state index contributed by atoms with van der Waals surface area (Å²) in [7, 11) is 1.88. The summed E-state index contributed by atoms with van der Waals surface area (Å²) in [5.74, 6) is 2.79. The van der Waals surface area contributed by atoms with Crippen LogP contribution in [0.15, 0.2) is 29.4 Å². The van der Waals surface area contributed by atoms with Gasteiger partial charge in [-0.05, 0) is 44.0 Å². The summed E-state index contributed by atoms with van der Waals surface area (Å²) in [5.41, 5.74) is 0.910. The van der Waals surface area contributed by atoms with Crippen LogP contribution in [0.2, 0.25) is 0 Å². The number of likely N-dealkylation sites (tertiary alicyclic amines) is 1. The zero-order chi connectivity index (χ0) is 19.1. The highest BCUT2D eigenvalue weighted by atomic mass is 127. The molecule has 3 heterocycles. The molecule has 1 unspecified atom stereocenters. The Bertz CT molecular complexity index is 741. The van der Waals surface area contributed by atoms with Gasteiger partial charge in [0.15, 0.2) is 11.6 Å². The molecule has 0 bridgehead atoms. The largest absolute Gasteiger partial charge is 0.356 e. The van der Waals surface area contributed by atoms with Crippen LogP contribution in [0.1, 0.15) is 32.5 Å². The van der Waals surface area contributed by atoms with E-state index in [1.807, 2.05) is 31.4 Å². The molecule has 156 valence electrons. The van der Waals surface area contributed by atoms with Crippen LogP contribution in [0.25, 0.3) is 5.65 Å². The Kier molecular flexibility index (Phi) is 9.43. The van der Waals surface area contributed by atoms with Crippen molar-refractivity contribution in [2.75, 3.05) is 46.3 Å². The Labute approximate surface area is 185 Å². The third-order valence-corrected chi connectivity index (χ3v) is 5.45. The van der Waals surface area contributed by atoms with Crippen molar-refractivity contribution in [1.82, 2.24) is 29.7 Å². The first kappa shape index (κ1) is 22.9. The number of aromatic nitrogens is 3. The predicted molar refractivity (Wildman–Crippen MR) is 126 cm³/mol. The molecule has 0 amide bonds. The summed E-state index contributed by atoms with van der Waals surface area (Å²) in [4.78, 5) is 9.42. The van der Waals surface area contributed by atoms with Crippen molar-refractivity contribution in [2.24, 2.45) is 10.9 Å². The van der Waals surface area contributed by atoms with E-state index in [9.17, 15) is 0 Å². The number of aryl methyl sites for hydroxylation is 1. The second kappa shape index (κ2) is 11.5. The Morgan fingerprint density at radius 1 is 1.29 bits per heavy atom. The fourth-order valence-corrected chi connectivity index (χ4v) is 3.86. The van der Waals surface area contributed by atoms with Crippen molar-refractivity contribution < 1.29 is 0 Å². The molecular formula is C20H34IN7. The standard InChI is InChI=1S/C20H33N7.HI/c1-4-25(5-2)15-17-11-14-26(16-17)20(21-3)22-12-8-10-19-24-23-18-9-6-7-13-27(18)19;/h6-7,9,13,17H,4-5,8,10-12,14-16H2,1-3H3,(H,21,22);1H. The minimum Gasteiger partial charge on any atom is -0.356 e. The smallest absolute Gasteiger partial charge is 0.193 e. The lowest BCUT2D eigenvalue weighted by atomic mass is 10.1. The number of guanidine groups is 1. The van der Waals surface area contributed by atoms with E-state index in [2.05, 4.69) is 48.6 Å². The van der Waals surface area contributed by atoms with Crippen molar-refractivity contribution in [2.45, 2.75) is 33.1 Å². The quantitative estimate of drug-likeness (QED) is 0.262. The molecule has 0 spiro atoms. The molecule has 7 nitrogen and oxygen atoms in total. The molecule has 2 aromatic heterocycles. The van der Waals surface area contributed by atoms with Gasteiger partial charge in [0.25, 0.3) is 0 Å². The number of pyridine rings is 1. The van der Waals surface area contributed by atoms with Crippen molar-refractivity contribution >= 4 is 35.6 Å². The van der Waals surface area contributed by atoms with Crippen LogP contribution in [-0.4, -0.2) is 76.7 Å². The van der Waals surface area contributed by atoms with E-state index in [4.69, 9.17) is 0 Å². The molecule has 0 aliphatic carbocycles. The Balaban J connectivity index is 0.00000280. The first-order valence-electron chi connectivity index (χ1n) is 10.2. The molecule has 1 N–H and O–H groups in total. The Morgan fingerprint density at radius 2 is 2.11 bits per heavy atom. The molecule has 8 heteroatoms. The van der Waals surface area contributed by atoms with Gasteiger partial charge in [0.1, 0.15) is 5.82 Å². The minimum atomic E-state index is 0. The van der Waals surface area contributed by atoms with Crippen LogP contribution >= 0.6 is 24.0 Å². The number of hydrogen-bond donors (Lipinski definition) is 1. The summed E-state index contributed by atoms with van der Waals surface area (Å²) in [5, 5.41) is 12.0. The number of nitrogens with zero attached hydrogens (tertiary/aromatic N) is 6. The van der Waals surface area contributed by atoms with E-state index < -0.39 is 0 Å². The van der Waals surface area contributed by atoms with Crippen LogP contribution in [-0.2, 0) is 6.42 Å². The number of halogens is 1. The van der Waals surface area contributed by atoms with Crippen molar-refractivity contribution in [3.8, 4) is 0 Å². The molecule has 1 aliphatic rings. The molecule has 2 aromatic rings. The summed E-state index contributed by atoms with van der Waals surface area (Å²) >= 11 is 0. The monoisotopic (exact) mass is 499 g/mol. The average molecular weight is 499 g/mol. The van der Waals surface area contributed by atoms with Crippen LogP contribution in [0.5, 0.6) is 0 Å². The molecule has 3 rings (SSSR count). The second-order valence-corrected chi connectivity index (χ2v) is 7.21. The van der Waals surface area contributed by atoms with E-state index in [-0.39, 0.29) is 24.0 Å². The van der Waals surface area contributed by atoms with Crippen LogP contribution < -0.4 is 5.32 Å². The van der Waals surface area contributed by atoms with E-state index in [0.717, 1.165) is 68.9 Å². The second-order valence-electron chi connectivity index (χ2n) is 7.21. The number of aliphatic imine (C=N–C) groups is 1. The van der Waals surface area contributed by atoms with Gasteiger partial charge in [0.05, 0.1) is 0 Å². The zero-order valence-electron chi connectivity index (χ0n) is 17.3. The molecule has 1 saturated heterocycles. The Morgan fingerprint density at radius 3 is 2.86 bits per heavy atom. The van der Waals surface area contributed by atoms with Gasteiger partial charge in [-0.15, -0.1) is 34.2 Å². The maximum Gasteiger partial charge on any atom is 0.193 e. The number of hydrogen-bond acceptors (Lipinski definition) is 4. The summed E-state index contributed by atoms with van der Waals surface area (Å²) in [6.45, 7) is 11.1. The van der Waals surface area contributed by atoms with Crippen LogP contribution in [0, 0.1) is 5.92 Å². The fraction of sp³-hybridized carbons (Fsp3) is 0.650. The van der Waals surface area contributed by atoms with Crippen LogP contribution in [0.3, 0.4) is 0 Å². The first-order valence-corrected chi connectivity index (χ1v) is 10.2. The maximum absolute atomic E-state index is 4.49. The third-order valence-electron chi connectivity index (χ3n) is 5.45. The van der Waals surface area contributed by atoms with Gasteiger partial charge in [-0.1, -0.05) is 19.9 Å². The summed E-state index contributed by atoms with van der Waals surface area (Å²) in [6, 6.07) is 5.99. The zero-order valence-corrected chi connectivity index (χ0v) is 19.7. The highest BCUT2D eigenvalue weighted by Crippen LogP contribution is 2.17. The SMILES string of the molecule is CCN(CC)CC1CCN(C(=NC)NCCCc2nnc3ccccn23)C1.I. The molecule has 0 saturated carbocycles. The van der Waals surface area contributed by atoms with Gasteiger partial charge in [-0.2, -0.15) is 0 Å². The van der Waals surface area contributed by atoms with Gasteiger partial charge >= 0.3 is 0 Å². The molecule has 0 radical (unpaired) electrons. The molecular weight excluding hydrogens is 465 g/mol. The van der Waals surface area contributed by atoms with Gasteiger partial charge in [0, 0.05) is 45.8 Å². The van der Waals surface area contributed by atoms with E-state index in [0.29, 0.717) is 0 Å². The van der Waals surface area contributed by atoms with Gasteiger partial charge in [-0.3, -0.25) is 9.39 Å². The Hall–Kier alpha value is -1.42. The van der Waals surface area contributed by atoms with E-state index in [1.165, 1.54) is 13.0 Å². The fourth-order valence-electron chi connectivity index (χ4n) is 3.86. The topological polar surface area (TPSA) is 61.1 Å². The molecule has 1 fully saturated rings. The summed E-state index contributed by atoms with van der Waals surface area (Å²) < 4.78 is 2.06. The average Bonchev–Trinajstić information content (AvgIpc) is 3.33. The van der Waals surface area contributed by atoms with Gasteiger partial charge < -0.3 is 15.1 Å². The molecule has 1 aliphatic heterocycles. The van der Waals surface area contributed by atoms with Crippen molar-refractivity contribution in [1.29, 1.82) is 0 Å². The summed E-state index contributed by atoms with van der Waals surface area (Å²) in [6.07, 6.45) is 5.19. The lowest BCUT2D eigenvalue weighted by Crippen LogP contribution is -2.41. The number of fused-ring (bicyclic) bond motifs is 1. The van der Waals surface area contributed by atoms with E-state index >= 15 is 0 Å². The number of nitrogens with one attached hydrogen (secondary N) is 1. The lowest BCUT2D eigenvalue weighted by Gasteiger charge is -2.24. The van der Waals surface area contributed by atoms with Crippen LogP contribution in [0.4, 0.5) is 0 Å². The van der Waals surface area contributed by atoms with Crippen molar-refractivity contribution in [3.63, 3.8) is 0 Å². The normalized spacial score (nSPS) is 17.4. The third kappa shape index (κ3) is 5.79. The predicted octanol–water partition coefficient (Wildman–Crippen LogP) is 2.52. The highest BCUT2D eigenvalue weighted by Gasteiger charge is 2.25. The highest BCUT2D eigenvalue weighted by molar-refractivity contribution is 14.0. The number of rotatable bonds is 8. The molecule has 0 aromatic carbocycles. The van der Waals surface area contributed by atoms with Gasteiger partial charge in [0.2, 0.25) is 0 Å². The first-order chi connectivity index (χ1) is 13.2. The van der Waals surface area contributed by atoms with Gasteiger partial charge in [-0.25, -0.2) is 0 Å². The molecule has 28 heavy (non-hydrogen) atoms. The van der Waals surface area contributed by atoms with E-state index in [1.54, 1.807) is 0 Å². The lowest BCUT2D eigenvalue weighted by molar-refractivity contribution is 0.255. The maximum atomic E-state index is 4.49. The minimum absolute atomic E-state index is 0. The van der Waals surface area contributed by atoms with Crippen molar-refractivity contribution in [3.05, 3.63) is 30.2 Å². The molecule has 1 atom stereocenters.